The molecule has 2 rings (SSSR count). The summed E-state index contributed by atoms with van der Waals surface area (Å²) in [6, 6.07) is 4.47. The fraction of sp³-hybridized carbons (Fsp3) is 0.500. The van der Waals surface area contributed by atoms with Crippen LogP contribution in [-0.2, 0) is 19.4 Å². The molecule has 1 aromatic carbocycles. The fourth-order valence-electron chi connectivity index (χ4n) is 2.00. The molecule has 0 bridgehead atoms. The summed E-state index contributed by atoms with van der Waals surface area (Å²) >= 11 is 0. The van der Waals surface area contributed by atoms with E-state index in [2.05, 4.69) is 0 Å². The van der Waals surface area contributed by atoms with E-state index in [1.807, 2.05) is 0 Å². The Morgan fingerprint density at radius 3 is 2.62 bits per heavy atom. The Hall–Kier alpha value is -1.76. The monoisotopic (exact) mass is 314 g/mol. The zero-order chi connectivity index (χ0) is 15.5. The van der Waals surface area contributed by atoms with Crippen molar-refractivity contribution in [3.63, 3.8) is 0 Å². The Labute approximate surface area is 123 Å². The molecule has 7 heteroatoms. The summed E-state index contributed by atoms with van der Waals surface area (Å²) in [6.07, 6.45) is -0.176. The fourth-order valence-corrected chi connectivity index (χ4v) is 3.35. The van der Waals surface area contributed by atoms with Crippen LogP contribution in [0.15, 0.2) is 23.1 Å². The van der Waals surface area contributed by atoms with Crippen LogP contribution >= 0.6 is 0 Å². The van der Waals surface area contributed by atoms with E-state index in [0.29, 0.717) is 24.7 Å². The zero-order valence-corrected chi connectivity index (χ0v) is 12.8. The van der Waals surface area contributed by atoms with E-state index in [9.17, 15) is 13.2 Å². The molecule has 0 amide bonds. The van der Waals surface area contributed by atoms with Crippen LogP contribution in [-0.4, -0.2) is 39.5 Å². The van der Waals surface area contributed by atoms with Gasteiger partial charge >= 0.3 is 5.97 Å². The average molecular weight is 314 g/mol. The number of hydrogen-bond donors (Lipinski definition) is 0. The molecule has 116 valence electrons. The van der Waals surface area contributed by atoms with Gasteiger partial charge in [-0.3, -0.25) is 4.79 Å². The van der Waals surface area contributed by atoms with Crippen LogP contribution in [0.3, 0.4) is 0 Å². The van der Waals surface area contributed by atoms with Crippen molar-refractivity contribution in [2.24, 2.45) is 0 Å². The number of fused-ring (bicyclic) bond motifs is 1. The minimum atomic E-state index is -3.62. The highest BCUT2D eigenvalue weighted by molar-refractivity contribution is 7.92. The van der Waals surface area contributed by atoms with Gasteiger partial charge in [0.05, 0.1) is 23.2 Å². The van der Waals surface area contributed by atoms with Gasteiger partial charge in [0, 0.05) is 6.07 Å². The van der Waals surface area contributed by atoms with Crippen LogP contribution in [0, 0.1) is 0 Å². The molecule has 0 aromatic heterocycles. The number of carbonyl (C=O) groups excluding carboxylic acids is 1. The lowest BCUT2D eigenvalue weighted by atomic mass is 10.3. The highest BCUT2D eigenvalue weighted by Crippen LogP contribution is 2.33. The van der Waals surface area contributed by atoms with Gasteiger partial charge in [-0.2, -0.15) is 0 Å². The second-order valence-corrected chi connectivity index (χ2v) is 7.04. The first-order valence-electron chi connectivity index (χ1n) is 6.74. The molecule has 1 heterocycles. The number of sulfone groups is 1. The van der Waals surface area contributed by atoms with Crippen molar-refractivity contribution in [3.05, 3.63) is 18.2 Å². The third-order valence-corrected chi connectivity index (χ3v) is 5.27. The molecule has 0 radical (unpaired) electrons. The Bertz CT molecular complexity index is 622. The molecule has 6 nitrogen and oxygen atoms in total. The third kappa shape index (κ3) is 3.47. The van der Waals surface area contributed by atoms with E-state index in [1.54, 1.807) is 13.0 Å². The minimum Gasteiger partial charge on any atom is -0.486 e. The average Bonchev–Trinajstić information content (AvgIpc) is 2.46. The van der Waals surface area contributed by atoms with Crippen molar-refractivity contribution in [2.45, 2.75) is 30.4 Å². The van der Waals surface area contributed by atoms with Crippen molar-refractivity contribution in [1.29, 1.82) is 0 Å². The first kappa shape index (κ1) is 15.6. The van der Waals surface area contributed by atoms with Crippen LogP contribution < -0.4 is 9.47 Å². The first-order chi connectivity index (χ1) is 9.95. The first-order valence-corrected chi connectivity index (χ1v) is 8.29. The normalized spacial score (nSPS) is 15.3. The van der Waals surface area contributed by atoms with Crippen LogP contribution in [0.2, 0.25) is 0 Å². The quantitative estimate of drug-likeness (QED) is 0.768. The molecular weight excluding hydrogens is 296 g/mol. The van der Waals surface area contributed by atoms with Gasteiger partial charge in [-0.15, -0.1) is 0 Å². The summed E-state index contributed by atoms with van der Waals surface area (Å²) in [4.78, 5) is 11.5. The number of esters is 1. The molecule has 1 aliphatic heterocycles. The molecule has 1 aliphatic rings. The Morgan fingerprint density at radius 1 is 1.29 bits per heavy atom. The van der Waals surface area contributed by atoms with Gasteiger partial charge in [0.2, 0.25) is 0 Å². The number of ether oxygens (including phenoxy) is 3. The summed E-state index contributed by atoms with van der Waals surface area (Å²) in [7, 11) is -3.62. The summed E-state index contributed by atoms with van der Waals surface area (Å²) in [5.41, 5.74) is 0. The molecule has 0 N–H and O–H groups in total. The maximum absolute atomic E-state index is 12.5. The van der Waals surface area contributed by atoms with Crippen molar-refractivity contribution < 1.29 is 27.4 Å². The van der Waals surface area contributed by atoms with Crippen LogP contribution in [0.5, 0.6) is 11.5 Å². The van der Waals surface area contributed by atoms with Gasteiger partial charge < -0.3 is 14.2 Å². The van der Waals surface area contributed by atoms with Gasteiger partial charge in [-0.1, -0.05) is 0 Å². The van der Waals surface area contributed by atoms with Crippen LogP contribution in [0.25, 0.3) is 0 Å². The maximum atomic E-state index is 12.5. The molecule has 0 saturated heterocycles. The highest BCUT2D eigenvalue weighted by Gasteiger charge is 2.27. The summed E-state index contributed by atoms with van der Waals surface area (Å²) in [6.45, 7) is 4.23. The zero-order valence-electron chi connectivity index (χ0n) is 12.0. The third-order valence-electron chi connectivity index (χ3n) is 3.13. The molecule has 1 atom stereocenters. The topological polar surface area (TPSA) is 78.9 Å². The Balaban J connectivity index is 2.20. The number of benzene rings is 1. The van der Waals surface area contributed by atoms with E-state index >= 15 is 0 Å². The molecular formula is C14H18O6S. The van der Waals surface area contributed by atoms with Gasteiger partial charge in [0.1, 0.15) is 13.2 Å². The molecule has 21 heavy (non-hydrogen) atoms. The summed E-state index contributed by atoms with van der Waals surface area (Å²) < 4.78 is 40.4. The maximum Gasteiger partial charge on any atom is 0.307 e. The van der Waals surface area contributed by atoms with Crippen molar-refractivity contribution >= 4 is 15.8 Å². The van der Waals surface area contributed by atoms with E-state index in [0.717, 1.165) is 0 Å². The van der Waals surface area contributed by atoms with Crippen LogP contribution in [0.4, 0.5) is 0 Å². The van der Waals surface area contributed by atoms with Crippen molar-refractivity contribution in [3.8, 4) is 11.5 Å². The van der Waals surface area contributed by atoms with Crippen molar-refractivity contribution in [1.82, 2.24) is 0 Å². The van der Waals surface area contributed by atoms with Gasteiger partial charge in [-0.05, 0) is 26.0 Å². The lowest BCUT2D eigenvalue weighted by Crippen LogP contribution is -2.23. The lowest BCUT2D eigenvalue weighted by Gasteiger charge is -2.19. The summed E-state index contributed by atoms with van der Waals surface area (Å²) in [5, 5.41) is -0.862. The lowest BCUT2D eigenvalue weighted by molar-refractivity contribution is -0.143. The molecule has 1 aromatic rings. The van der Waals surface area contributed by atoms with E-state index in [4.69, 9.17) is 14.2 Å². The standard InChI is InChI=1S/C14H18O6S/c1-3-18-14(15)8-10(2)21(16,17)11-4-5-12-13(9-11)20-7-6-19-12/h4-5,9-10H,3,6-8H2,1-2H3. The second-order valence-electron chi connectivity index (χ2n) is 4.67. The Morgan fingerprint density at radius 2 is 1.95 bits per heavy atom. The second kappa shape index (κ2) is 6.34. The number of hydrogen-bond acceptors (Lipinski definition) is 6. The highest BCUT2D eigenvalue weighted by atomic mass is 32.2. The van der Waals surface area contributed by atoms with E-state index in [-0.39, 0.29) is 17.9 Å². The van der Waals surface area contributed by atoms with E-state index < -0.39 is 21.1 Å². The largest absolute Gasteiger partial charge is 0.486 e. The smallest absolute Gasteiger partial charge is 0.307 e. The predicted octanol–water partition coefficient (Wildman–Crippen LogP) is 1.57. The van der Waals surface area contributed by atoms with Gasteiger partial charge in [-0.25, -0.2) is 8.42 Å². The predicted molar refractivity (Wildman–Crippen MR) is 75.3 cm³/mol. The molecule has 0 spiro atoms. The minimum absolute atomic E-state index is 0.114. The van der Waals surface area contributed by atoms with Crippen LogP contribution in [0.1, 0.15) is 20.3 Å². The van der Waals surface area contributed by atoms with Gasteiger partial charge in [0.25, 0.3) is 0 Å². The van der Waals surface area contributed by atoms with Crippen molar-refractivity contribution in [2.75, 3.05) is 19.8 Å². The number of rotatable bonds is 5. The molecule has 1 unspecified atom stereocenters. The van der Waals surface area contributed by atoms with Gasteiger partial charge in [0.15, 0.2) is 21.3 Å². The SMILES string of the molecule is CCOC(=O)CC(C)S(=O)(=O)c1ccc2c(c1)OCCO2. The molecule has 0 saturated carbocycles. The molecule has 0 fully saturated rings. The summed E-state index contributed by atoms with van der Waals surface area (Å²) in [5.74, 6) is 0.412. The number of carbonyl (C=O) groups is 1. The molecule has 0 aliphatic carbocycles. The Kier molecular flexibility index (Phi) is 4.72. The van der Waals surface area contributed by atoms with E-state index in [1.165, 1.54) is 19.1 Å².